The van der Waals surface area contributed by atoms with E-state index in [4.69, 9.17) is 21.7 Å². The Bertz CT molecular complexity index is 998. The molecule has 4 rings (SSSR count). The number of halogens is 1. The van der Waals surface area contributed by atoms with Gasteiger partial charge in [-0.25, -0.2) is 0 Å². The molecular formula is C22H24BrN3O3S. The highest BCUT2D eigenvalue weighted by Crippen LogP contribution is 2.52. The number of amides is 1. The number of nitrogens with zero attached hydrogens (tertiary/aromatic N) is 2. The summed E-state index contributed by atoms with van der Waals surface area (Å²) in [6, 6.07) is 13.2. The Kier molecular flexibility index (Phi) is 5.40. The van der Waals surface area contributed by atoms with Crippen LogP contribution in [0.4, 0.5) is 5.69 Å². The molecule has 1 saturated heterocycles. The predicted octanol–water partition coefficient (Wildman–Crippen LogP) is 4.10. The molecule has 2 aliphatic heterocycles. The summed E-state index contributed by atoms with van der Waals surface area (Å²) in [6.07, 6.45) is 0. The Labute approximate surface area is 190 Å². The molecule has 3 unspecified atom stereocenters. The molecule has 6 nitrogen and oxygen atoms in total. The third-order valence-corrected chi connectivity index (χ3v) is 6.41. The first-order valence-corrected chi connectivity index (χ1v) is 11.0. The standard InChI is InChI=1S/C22H24BrN3O3S/c1-5-28-16-8-6-7-15-18-17(20(27)25(3)4)22(2,29-19(15)16)26(21(30)24-18)14-11-9-13(23)10-12-14/h6-12,17-18H,5H2,1-4H3,(H,24,30). The molecule has 2 bridgehead atoms. The molecule has 0 spiro atoms. The maximum absolute atomic E-state index is 13.4. The first kappa shape index (κ1) is 20.9. The van der Waals surface area contributed by atoms with Crippen LogP contribution < -0.4 is 19.7 Å². The summed E-state index contributed by atoms with van der Waals surface area (Å²) < 4.78 is 13.4. The normalized spacial score (nSPS) is 24.4. The molecule has 1 amide bonds. The molecule has 158 valence electrons. The number of hydrogen-bond donors (Lipinski definition) is 1. The lowest BCUT2D eigenvalue weighted by atomic mass is 9.78. The van der Waals surface area contributed by atoms with Crippen LogP contribution in [-0.2, 0) is 4.79 Å². The van der Waals surface area contributed by atoms with Crippen molar-refractivity contribution < 1.29 is 14.3 Å². The second kappa shape index (κ2) is 7.74. The van der Waals surface area contributed by atoms with Crippen LogP contribution in [0.25, 0.3) is 0 Å². The average Bonchev–Trinajstić information content (AvgIpc) is 2.69. The van der Waals surface area contributed by atoms with E-state index in [1.54, 1.807) is 19.0 Å². The van der Waals surface area contributed by atoms with Crippen LogP contribution in [0.3, 0.4) is 0 Å². The molecule has 3 atom stereocenters. The third-order valence-electron chi connectivity index (χ3n) is 5.58. The van der Waals surface area contributed by atoms with Crippen LogP contribution in [0.5, 0.6) is 11.5 Å². The van der Waals surface area contributed by atoms with Crippen LogP contribution in [-0.4, -0.2) is 42.3 Å². The topological polar surface area (TPSA) is 54.0 Å². The number of hydrogen-bond acceptors (Lipinski definition) is 4. The summed E-state index contributed by atoms with van der Waals surface area (Å²) in [4.78, 5) is 16.9. The molecule has 2 aromatic rings. The molecular weight excluding hydrogens is 466 g/mol. The monoisotopic (exact) mass is 489 g/mol. The van der Waals surface area contributed by atoms with Crippen molar-refractivity contribution in [3.8, 4) is 11.5 Å². The van der Waals surface area contributed by atoms with Crippen molar-refractivity contribution in [1.82, 2.24) is 10.2 Å². The number of thiocarbonyl (C=S) groups is 1. The fourth-order valence-corrected chi connectivity index (χ4v) is 4.95. The summed E-state index contributed by atoms with van der Waals surface area (Å²) in [5.41, 5.74) is 0.671. The maximum atomic E-state index is 13.4. The summed E-state index contributed by atoms with van der Waals surface area (Å²) in [7, 11) is 3.52. The molecule has 2 aromatic carbocycles. The minimum absolute atomic E-state index is 0.0351. The van der Waals surface area contributed by atoms with Gasteiger partial charge in [0, 0.05) is 29.8 Å². The lowest BCUT2D eigenvalue weighted by molar-refractivity contribution is -0.144. The zero-order valence-corrected chi connectivity index (χ0v) is 19.7. The van der Waals surface area contributed by atoms with E-state index >= 15 is 0 Å². The van der Waals surface area contributed by atoms with Crippen LogP contribution in [0.15, 0.2) is 46.9 Å². The van der Waals surface area contributed by atoms with E-state index in [1.807, 2.05) is 61.2 Å². The largest absolute Gasteiger partial charge is 0.490 e. The van der Waals surface area contributed by atoms with Crippen molar-refractivity contribution in [3.05, 3.63) is 52.5 Å². The van der Waals surface area contributed by atoms with Gasteiger partial charge < -0.3 is 19.7 Å². The summed E-state index contributed by atoms with van der Waals surface area (Å²) in [5, 5.41) is 3.92. The molecule has 1 fully saturated rings. The Balaban J connectivity index is 1.92. The minimum Gasteiger partial charge on any atom is -0.490 e. The number of para-hydroxylation sites is 1. The molecule has 0 radical (unpaired) electrons. The van der Waals surface area contributed by atoms with Gasteiger partial charge in [0.05, 0.1) is 12.6 Å². The van der Waals surface area contributed by atoms with Gasteiger partial charge in [-0.05, 0) is 56.4 Å². The van der Waals surface area contributed by atoms with Gasteiger partial charge in [0.2, 0.25) is 5.91 Å². The summed E-state index contributed by atoms with van der Waals surface area (Å²) in [6.45, 7) is 4.38. The van der Waals surface area contributed by atoms with Gasteiger partial charge in [0.15, 0.2) is 22.3 Å². The minimum atomic E-state index is -1.04. The molecule has 2 aliphatic rings. The van der Waals surface area contributed by atoms with Gasteiger partial charge in [-0.1, -0.05) is 28.1 Å². The van der Waals surface area contributed by atoms with Gasteiger partial charge in [-0.2, -0.15) is 0 Å². The Morgan fingerprint density at radius 1 is 1.30 bits per heavy atom. The second-order valence-corrected chi connectivity index (χ2v) is 9.02. The highest BCUT2D eigenvalue weighted by molar-refractivity contribution is 9.10. The summed E-state index contributed by atoms with van der Waals surface area (Å²) in [5.74, 6) is 0.749. The quantitative estimate of drug-likeness (QED) is 0.652. The molecule has 0 aliphatic carbocycles. The van der Waals surface area contributed by atoms with Crippen molar-refractivity contribution in [3.63, 3.8) is 0 Å². The zero-order valence-electron chi connectivity index (χ0n) is 17.3. The first-order valence-electron chi connectivity index (χ1n) is 9.80. The fourth-order valence-electron chi connectivity index (χ4n) is 4.27. The van der Waals surface area contributed by atoms with E-state index in [0.717, 1.165) is 15.7 Å². The van der Waals surface area contributed by atoms with E-state index < -0.39 is 11.6 Å². The SMILES string of the molecule is CCOc1cccc2c1OC1(C)C(C(=O)N(C)C)C2NC(=S)N1c1ccc(Br)cc1. The van der Waals surface area contributed by atoms with E-state index in [9.17, 15) is 4.79 Å². The number of nitrogens with one attached hydrogen (secondary N) is 1. The molecule has 8 heteroatoms. The smallest absolute Gasteiger partial charge is 0.233 e. The number of benzene rings is 2. The van der Waals surface area contributed by atoms with Crippen LogP contribution in [0, 0.1) is 5.92 Å². The molecule has 2 heterocycles. The molecule has 1 N–H and O–H groups in total. The average molecular weight is 490 g/mol. The van der Waals surface area contributed by atoms with Gasteiger partial charge in [-0.3, -0.25) is 9.69 Å². The van der Waals surface area contributed by atoms with E-state index in [1.165, 1.54) is 0 Å². The van der Waals surface area contributed by atoms with E-state index in [0.29, 0.717) is 23.2 Å². The number of anilines is 1. The highest BCUT2D eigenvalue weighted by Gasteiger charge is 2.59. The number of carbonyl (C=O) groups excluding carboxylic acids is 1. The maximum Gasteiger partial charge on any atom is 0.233 e. The van der Waals surface area contributed by atoms with Gasteiger partial charge >= 0.3 is 0 Å². The Hall–Kier alpha value is -2.32. The van der Waals surface area contributed by atoms with Crippen molar-refractivity contribution in [2.45, 2.75) is 25.6 Å². The third kappa shape index (κ3) is 3.22. The van der Waals surface area contributed by atoms with E-state index in [2.05, 4.69) is 21.2 Å². The number of ether oxygens (including phenoxy) is 2. The Morgan fingerprint density at radius 3 is 2.63 bits per heavy atom. The van der Waals surface area contributed by atoms with Crippen LogP contribution >= 0.6 is 28.1 Å². The van der Waals surface area contributed by atoms with E-state index in [-0.39, 0.29) is 11.9 Å². The predicted molar refractivity (Wildman–Crippen MR) is 124 cm³/mol. The Morgan fingerprint density at radius 2 is 2.00 bits per heavy atom. The fraction of sp³-hybridized carbons (Fsp3) is 0.364. The van der Waals surface area contributed by atoms with Crippen molar-refractivity contribution in [2.75, 3.05) is 25.6 Å². The van der Waals surface area contributed by atoms with Crippen LogP contribution in [0.1, 0.15) is 25.5 Å². The highest BCUT2D eigenvalue weighted by atomic mass is 79.9. The van der Waals surface area contributed by atoms with Gasteiger partial charge in [0.25, 0.3) is 0 Å². The number of carbonyl (C=O) groups is 1. The number of rotatable bonds is 4. The molecule has 0 saturated carbocycles. The van der Waals surface area contributed by atoms with Gasteiger partial charge in [0.1, 0.15) is 5.92 Å². The lowest BCUT2D eigenvalue weighted by Crippen LogP contribution is -2.72. The summed E-state index contributed by atoms with van der Waals surface area (Å²) >= 11 is 9.23. The van der Waals surface area contributed by atoms with Crippen molar-refractivity contribution in [1.29, 1.82) is 0 Å². The van der Waals surface area contributed by atoms with Crippen molar-refractivity contribution in [2.24, 2.45) is 5.92 Å². The van der Waals surface area contributed by atoms with Gasteiger partial charge in [-0.15, -0.1) is 0 Å². The number of fused-ring (bicyclic) bond motifs is 4. The lowest BCUT2D eigenvalue weighted by Gasteiger charge is -2.56. The van der Waals surface area contributed by atoms with Crippen molar-refractivity contribution >= 4 is 44.9 Å². The second-order valence-electron chi connectivity index (χ2n) is 7.71. The zero-order chi connectivity index (χ0) is 21.6. The van der Waals surface area contributed by atoms with Crippen LogP contribution in [0.2, 0.25) is 0 Å². The first-order chi connectivity index (χ1) is 14.3. The molecule has 0 aromatic heterocycles. The molecule has 30 heavy (non-hydrogen) atoms.